The lowest BCUT2D eigenvalue weighted by atomic mass is 9.53. The summed E-state index contributed by atoms with van der Waals surface area (Å²) in [6, 6.07) is 8.09. The summed E-state index contributed by atoms with van der Waals surface area (Å²) in [6.45, 7) is 1.52. The van der Waals surface area contributed by atoms with E-state index >= 15 is 0 Å². The molecule has 1 aromatic heterocycles. The zero-order valence-electron chi connectivity index (χ0n) is 18.2. The highest BCUT2D eigenvalue weighted by molar-refractivity contribution is 6.03. The Labute approximate surface area is 186 Å². The van der Waals surface area contributed by atoms with Crippen molar-refractivity contribution >= 4 is 23.5 Å². The molecule has 0 spiro atoms. The van der Waals surface area contributed by atoms with E-state index in [9.17, 15) is 14.4 Å². The van der Waals surface area contributed by atoms with Crippen LogP contribution in [0.2, 0.25) is 0 Å². The average molecular weight is 437 g/mol. The van der Waals surface area contributed by atoms with E-state index in [1.54, 1.807) is 30.3 Å². The third kappa shape index (κ3) is 4.16. The van der Waals surface area contributed by atoms with Gasteiger partial charge in [-0.1, -0.05) is 6.07 Å². The molecule has 6 rings (SSSR count). The summed E-state index contributed by atoms with van der Waals surface area (Å²) in [4.78, 5) is 37.4. The minimum absolute atomic E-state index is 0.106. The fourth-order valence-corrected chi connectivity index (χ4v) is 6.29. The highest BCUT2D eigenvalue weighted by atomic mass is 16.5. The normalized spacial score (nSPS) is 27.7. The number of hydrogen-bond acceptors (Lipinski definition) is 5. The summed E-state index contributed by atoms with van der Waals surface area (Å²) in [7, 11) is 0. The fourth-order valence-electron chi connectivity index (χ4n) is 6.29. The van der Waals surface area contributed by atoms with Crippen LogP contribution in [0.4, 0.5) is 5.69 Å². The quantitative estimate of drug-likeness (QED) is 0.665. The van der Waals surface area contributed by atoms with E-state index in [2.05, 4.69) is 10.6 Å². The second-order valence-electron chi connectivity index (χ2n) is 9.78. The maximum atomic E-state index is 12.6. The lowest BCUT2D eigenvalue weighted by molar-refractivity contribution is -0.130. The zero-order valence-corrected chi connectivity index (χ0v) is 18.2. The Morgan fingerprint density at radius 3 is 2.38 bits per heavy atom. The van der Waals surface area contributed by atoms with Gasteiger partial charge in [-0.3, -0.25) is 9.59 Å². The monoisotopic (exact) mass is 436 g/mol. The van der Waals surface area contributed by atoms with E-state index in [-0.39, 0.29) is 29.4 Å². The first-order valence-electron chi connectivity index (χ1n) is 11.3. The van der Waals surface area contributed by atoms with Gasteiger partial charge in [-0.25, -0.2) is 4.79 Å². The van der Waals surface area contributed by atoms with Crippen LogP contribution in [0.3, 0.4) is 0 Å². The van der Waals surface area contributed by atoms with Gasteiger partial charge in [-0.2, -0.15) is 0 Å². The molecule has 4 bridgehead atoms. The molecule has 2 N–H and O–H groups in total. The Bertz CT molecular complexity index is 1010. The number of rotatable bonds is 6. The number of aryl methyl sites for hydroxylation is 1. The molecule has 7 heteroatoms. The molecule has 2 aromatic rings. The predicted octanol–water partition coefficient (Wildman–Crippen LogP) is 4.08. The second kappa shape index (κ2) is 8.11. The van der Waals surface area contributed by atoms with Gasteiger partial charge in [0.25, 0.3) is 11.8 Å². The summed E-state index contributed by atoms with van der Waals surface area (Å²) in [5.74, 6) is 1.12. The molecule has 0 aliphatic heterocycles. The van der Waals surface area contributed by atoms with Gasteiger partial charge >= 0.3 is 5.97 Å². The number of nitrogens with one attached hydrogen (secondary N) is 2. The number of carbonyl (C=O) groups is 3. The van der Waals surface area contributed by atoms with Gasteiger partial charge in [0.1, 0.15) is 0 Å². The van der Waals surface area contributed by atoms with Crippen molar-refractivity contribution in [3.05, 3.63) is 53.5 Å². The molecular formula is C25H28N2O5. The number of carbonyl (C=O) groups excluding carboxylic acids is 3. The van der Waals surface area contributed by atoms with Crippen LogP contribution in [0.15, 0.2) is 41.0 Å². The summed E-state index contributed by atoms with van der Waals surface area (Å²) in [5.41, 5.74) is 1.44. The Balaban J connectivity index is 1.18. The van der Waals surface area contributed by atoms with Crippen molar-refractivity contribution < 1.29 is 23.5 Å². The summed E-state index contributed by atoms with van der Waals surface area (Å²) in [6.07, 6.45) is 8.48. The molecule has 0 saturated heterocycles. The standard InChI is InChI=1S/C25H28N2O5/c1-15-4-5-19(10-20(15)26-23(29)21-3-2-6-31-21)24(30)32-14-22(28)27-25-11-16-7-17(12-25)9-18(8-16)13-25/h2-6,10,16-18H,7-9,11-14H2,1H3,(H,26,29)(H,27,28). The Morgan fingerprint density at radius 2 is 1.75 bits per heavy atom. The van der Waals surface area contributed by atoms with E-state index in [0.717, 1.165) is 42.6 Å². The van der Waals surface area contributed by atoms with Crippen LogP contribution in [0.1, 0.15) is 65.0 Å². The van der Waals surface area contributed by atoms with Gasteiger partial charge in [0.05, 0.1) is 11.8 Å². The predicted molar refractivity (Wildman–Crippen MR) is 117 cm³/mol. The van der Waals surface area contributed by atoms with Gasteiger partial charge in [-0.05, 0) is 93.0 Å². The molecule has 32 heavy (non-hydrogen) atoms. The van der Waals surface area contributed by atoms with Gasteiger partial charge in [0, 0.05) is 11.2 Å². The van der Waals surface area contributed by atoms with Crippen molar-refractivity contribution in [1.82, 2.24) is 5.32 Å². The van der Waals surface area contributed by atoms with Crippen LogP contribution in [-0.2, 0) is 9.53 Å². The number of furan rings is 1. The number of esters is 1. The third-order valence-corrected chi connectivity index (χ3v) is 7.24. The third-order valence-electron chi connectivity index (χ3n) is 7.24. The molecular weight excluding hydrogens is 408 g/mol. The molecule has 168 valence electrons. The van der Waals surface area contributed by atoms with Crippen LogP contribution in [0, 0.1) is 24.7 Å². The van der Waals surface area contributed by atoms with Crippen molar-refractivity contribution in [3.8, 4) is 0 Å². The lowest BCUT2D eigenvalue weighted by Crippen LogP contribution is -2.60. The van der Waals surface area contributed by atoms with Crippen LogP contribution < -0.4 is 10.6 Å². The largest absolute Gasteiger partial charge is 0.459 e. The first-order chi connectivity index (χ1) is 15.4. The zero-order chi connectivity index (χ0) is 22.3. The molecule has 0 unspecified atom stereocenters. The van der Waals surface area contributed by atoms with Crippen LogP contribution in [0.5, 0.6) is 0 Å². The second-order valence-corrected chi connectivity index (χ2v) is 9.78. The van der Waals surface area contributed by atoms with Gasteiger partial charge < -0.3 is 19.8 Å². The molecule has 4 aliphatic carbocycles. The molecule has 4 aliphatic rings. The van der Waals surface area contributed by atoms with E-state index in [0.29, 0.717) is 5.69 Å². The minimum atomic E-state index is -0.598. The van der Waals surface area contributed by atoms with E-state index in [1.165, 1.54) is 25.5 Å². The van der Waals surface area contributed by atoms with E-state index in [1.807, 2.05) is 6.92 Å². The van der Waals surface area contributed by atoms with E-state index < -0.39 is 11.9 Å². The summed E-state index contributed by atoms with van der Waals surface area (Å²) >= 11 is 0. The van der Waals surface area contributed by atoms with Gasteiger partial charge in [0.2, 0.25) is 0 Å². The Kier molecular flexibility index (Phi) is 5.27. The smallest absolute Gasteiger partial charge is 0.338 e. The van der Waals surface area contributed by atoms with Gasteiger partial charge in [0.15, 0.2) is 12.4 Å². The lowest BCUT2D eigenvalue weighted by Gasteiger charge is -2.56. The van der Waals surface area contributed by atoms with Crippen LogP contribution in [-0.4, -0.2) is 29.9 Å². The average Bonchev–Trinajstić information content (AvgIpc) is 3.27. The van der Waals surface area contributed by atoms with Crippen LogP contribution in [0.25, 0.3) is 0 Å². The molecule has 0 radical (unpaired) electrons. The Morgan fingerprint density at radius 1 is 1.06 bits per heavy atom. The molecule has 1 aromatic carbocycles. The molecule has 4 fully saturated rings. The number of hydrogen-bond donors (Lipinski definition) is 2. The maximum Gasteiger partial charge on any atom is 0.338 e. The highest BCUT2D eigenvalue weighted by Gasteiger charge is 2.51. The molecule has 1 heterocycles. The molecule has 0 atom stereocenters. The molecule has 4 saturated carbocycles. The number of benzene rings is 1. The first kappa shape index (κ1) is 20.8. The van der Waals surface area contributed by atoms with Crippen LogP contribution >= 0.6 is 0 Å². The topological polar surface area (TPSA) is 97.6 Å². The summed E-state index contributed by atoms with van der Waals surface area (Å²) in [5, 5.41) is 5.95. The molecule has 2 amide bonds. The van der Waals surface area contributed by atoms with Crippen molar-refractivity contribution in [1.29, 1.82) is 0 Å². The maximum absolute atomic E-state index is 12.6. The number of ether oxygens (including phenoxy) is 1. The number of amides is 2. The summed E-state index contributed by atoms with van der Waals surface area (Å²) < 4.78 is 10.4. The van der Waals surface area contributed by atoms with Crippen molar-refractivity contribution in [3.63, 3.8) is 0 Å². The van der Waals surface area contributed by atoms with Crippen molar-refractivity contribution in [2.75, 3.05) is 11.9 Å². The fraction of sp³-hybridized carbons (Fsp3) is 0.480. The minimum Gasteiger partial charge on any atom is -0.459 e. The first-order valence-corrected chi connectivity index (χ1v) is 11.3. The SMILES string of the molecule is Cc1ccc(C(=O)OCC(=O)NC23CC4CC(CC(C4)C2)C3)cc1NC(=O)c1ccco1. The highest BCUT2D eigenvalue weighted by Crippen LogP contribution is 2.55. The van der Waals surface area contributed by atoms with Crippen molar-refractivity contribution in [2.45, 2.75) is 51.0 Å². The van der Waals surface area contributed by atoms with Crippen molar-refractivity contribution in [2.24, 2.45) is 17.8 Å². The van der Waals surface area contributed by atoms with Gasteiger partial charge in [-0.15, -0.1) is 0 Å². The molecule has 7 nitrogen and oxygen atoms in total. The number of anilines is 1. The Hall–Kier alpha value is -3.09. The van der Waals surface area contributed by atoms with E-state index in [4.69, 9.17) is 9.15 Å².